The molecule has 2 nitrogen and oxygen atoms in total. The summed E-state index contributed by atoms with van der Waals surface area (Å²) in [5.41, 5.74) is 20.3. The van der Waals surface area contributed by atoms with Gasteiger partial charge in [0.2, 0.25) is 0 Å². The summed E-state index contributed by atoms with van der Waals surface area (Å²) in [5, 5.41) is 7.84. The van der Waals surface area contributed by atoms with Crippen molar-refractivity contribution >= 4 is 54.4 Å². The maximum Gasteiger partial charge on any atom is 0.0644 e. The average Bonchev–Trinajstić information content (AvgIpc) is 3.96. The van der Waals surface area contributed by atoms with Crippen LogP contribution in [0.25, 0.3) is 110 Å². The number of nitrogens with zero attached hydrogens (tertiary/aromatic N) is 2. The van der Waals surface area contributed by atoms with Crippen LogP contribution in [0.4, 0.5) is 0 Å². The zero-order valence-electron chi connectivity index (χ0n) is 31.7. The quantitative estimate of drug-likeness (QED) is 0.172. The molecule has 0 fully saturated rings. The summed E-state index contributed by atoms with van der Waals surface area (Å²) < 4.78 is 5.11. The molecule has 0 N–H and O–H groups in total. The summed E-state index contributed by atoms with van der Waals surface area (Å²) in [7, 11) is 0. The van der Waals surface area contributed by atoms with Crippen molar-refractivity contribution < 1.29 is 0 Å². The SMILES string of the molecule is CC1(C)c2ccccc2-c2c1c1c3ccccc3n(-c3cccc(-c4ccc5c6c(cccc46)-c4ccccc4-5)c3)c1c1c3ccccc3n(-c3ccccc3)c21. The van der Waals surface area contributed by atoms with Crippen molar-refractivity contribution in [1.29, 1.82) is 0 Å². The molecule has 0 radical (unpaired) electrons. The molecule has 0 bridgehead atoms. The number of hydrogen-bond donors (Lipinski definition) is 0. The van der Waals surface area contributed by atoms with Crippen molar-refractivity contribution in [3.63, 3.8) is 0 Å². The molecule has 2 aliphatic rings. The van der Waals surface area contributed by atoms with Crippen LogP contribution < -0.4 is 0 Å². The Bertz CT molecular complexity index is 3510. The molecule has 13 rings (SSSR count). The first kappa shape index (κ1) is 31.1. The molecule has 2 heteroatoms. The minimum atomic E-state index is -0.227. The molecule has 11 aromatic rings. The van der Waals surface area contributed by atoms with Gasteiger partial charge in [-0.15, -0.1) is 0 Å². The van der Waals surface area contributed by atoms with Crippen molar-refractivity contribution in [1.82, 2.24) is 9.13 Å². The van der Waals surface area contributed by atoms with Crippen molar-refractivity contribution in [2.75, 3.05) is 0 Å². The fraction of sp³-hybridized carbons (Fsp3) is 0.0545. The summed E-state index contributed by atoms with van der Waals surface area (Å²) in [4.78, 5) is 0. The monoisotopic (exact) mass is 724 g/mol. The lowest BCUT2D eigenvalue weighted by molar-refractivity contribution is 0.667. The third kappa shape index (κ3) is 3.90. The predicted octanol–water partition coefficient (Wildman–Crippen LogP) is 14.7. The Morgan fingerprint density at radius 3 is 1.68 bits per heavy atom. The van der Waals surface area contributed by atoms with Gasteiger partial charge in [0.15, 0.2) is 0 Å². The smallest absolute Gasteiger partial charge is 0.0644 e. The highest BCUT2D eigenvalue weighted by molar-refractivity contribution is 6.32. The van der Waals surface area contributed by atoms with Crippen LogP contribution in [-0.2, 0) is 5.41 Å². The largest absolute Gasteiger partial charge is 0.309 e. The number of para-hydroxylation sites is 3. The van der Waals surface area contributed by atoms with E-state index in [1.54, 1.807) is 0 Å². The average molecular weight is 725 g/mol. The van der Waals surface area contributed by atoms with E-state index in [9.17, 15) is 0 Å². The van der Waals surface area contributed by atoms with Crippen LogP contribution in [0.3, 0.4) is 0 Å². The van der Waals surface area contributed by atoms with Gasteiger partial charge in [0.1, 0.15) is 0 Å². The molecule has 0 unspecified atom stereocenters. The second-order valence-electron chi connectivity index (χ2n) is 16.4. The van der Waals surface area contributed by atoms with Crippen molar-refractivity contribution in [3.05, 3.63) is 193 Å². The van der Waals surface area contributed by atoms with Gasteiger partial charge in [0.05, 0.1) is 22.1 Å². The first-order chi connectivity index (χ1) is 28.1. The first-order valence-corrected chi connectivity index (χ1v) is 20.0. The Morgan fingerprint density at radius 2 is 0.912 bits per heavy atom. The lowest BCUT2D eigenvalue weighted by Gasteiger charge is -2.23. The second kappa shape index (κ2) is 11.0. The van der Waals surface area contributed by atoms with E-state index >= 15 is 0 Å². The van der Waals surface area contributed by atoms with Gasteiger partial charge >= 0.3 is 0 Å². The molecule has 2 aromatic heterocycles. The van der Waals surface area contributed by atoms with Crippen molar-refractivity contribution in [2.45, 2.75) is 19.3 Å². The Labute approximate surface area is 330 Å². The minimum Gasteiger partial charge on any atom is -0.309 e. The van der Waals surface area contributed by atoms with Gasteiger partial charge < -0.3 is 9.13 Å². The molecule has 0 aliphatic heterocycles. The summed E-state index contributed by atoms with van der Waals surface area (Å²) in [6.45, 7) is 4.86. The zero-order valence-corrected chi connectivity index (χ0v) is 31.7. The van der Waals surface area contributed by atoms with E-state index in [1.807, 2.05) is 0 Å². The Balaban J connectivity index is 1.19. The topological polar surface area (TPSA) is 9.86 Å². The van der Waals surface area contributed by atoms with Gasteiger partial charge in [-0.2, -0.15) is 0 Å². The fourth-order valence-electron chi connectivity index (χ4n) is 10.9. The van der Waals surface area contributed by atoms with Crippen LogP contribution in [0.1, 0.15) is 25.0 Å². The molecule has 2 aliphatic carbocycles. The van der Waals surface area contributed by atoms with Crippen LogP contribution in [0, 0.1) is 0 Å². The Hall–Kier alpha value is -7.16. The maximum absolute atomic E-state index is 2.58. The van der Waals surface area contributed by atoms with Gasteiger partial charge in [-0.3, -0.25) is 0 Å². The molecule has 0 saturated carbocycles. The Morgan fingerprint density at radius 1 is 0.368 bits per heavy atom. The molecule has 0 amide bonds. The number of hydrogen-bond acceptors (Lipinski definition) is 0. The van der Waals surface area contributed by atoms with E-state index in [0.29, 0.717) is 0 Å². The summed E-state index contributed by atoms with van der Waals surface area (Å²) in [5.74, 6) is 0. The van der Waals surface area contributed by atoms with Gasteiger partial charge in [-0.05, 0) is 97.2 Å². The lowest BCUT2D eigenvalue weighted by Crippen LogP contribution is -2.15. The number of rotatable bonds is 3. The Kier molecular flexibility index (Phi) is 6.00. The highest BCUT2D eigenvalue weighted by Gasteiger charge is 2.41. The normalized spacial score (nSPS) is 13.6. The zero-order chi connectivity index (χ0) is 37.6. The molecule has 0 spiro atoms. The first-order valence-electron chi connectivity index (χ1n) is 20.0. The summed E-state index contributed by atoms with van der Waals surface area (Å²) in [6, 6.07) is 67.8. The summed E-state index contributed by atoms with van der Waals surface area (Å²) >= 11 is 0. The van der Waals surface area contributed by atoms with Crippen molar-refractivity contribution in [2.24, 2.45) is 0 Å². The second-order valence-corrected chi connectivity index (χ2v) is 16.4. The lowest BCUT2D eigenvalue weighted by atomic mass is 9.80. The van der Waals surface area contributed by atoms with Crippen LogP contribution in [-0.4, -0.2) is 9.13 Å². The van der Waals surface area contributed by atoms with Crippen LogP contribution in [0.2, 0.25) is 0 Å². The van der Waals surface area contributed by atoms with E-state index in [0.717, 1.165) is 5.69 Å². The standard InChI is InChI=1S/C55H36N2/c1-55(2)45-27-11-8-22-42(45)49-52(55)50-43-23-9-12-28-46(43)57(54(50)51-44-24-10-13-29-47(44)56(53(49)51)34-17-4-3-5-18-34)35-19-14-16-33(32-35)36-30-31-41-38-21-7-6-20-37(38)40-26-15-25-39(36)48(40)41/h3-32H,1-2H3. The molecule has 9 aromatic carbocycles. The fourth-order valence-corrected chi connectivity index (χ4v) is 10.9. The van der Waals surface area contributed by atoms with Crippen molar-refractivity contribution in [3.8, 4) is 55.9 Å². The third-order valence-corrected chi connectivity index (χ3v) is 13.2. The maximum atomic E-state index is 2.58. The predicted molar refractivity (Wildman–Crippen MR) is 240 cm³/mol. The number of aromatic nitrogens is 2. The van der Waals surface area contributed by atoms with Gasteiger partial charge in [-0.1, -0.05) is 159 Å². The highest BCUT2D eigenvalue weighted by atomic mass is 15.0. The van der Waals surface area contributed by atoms with E-state index in [1.165, 1.54) is 116 Å². The van der Waals surface area contributed by atoms with E-state index in [-0.39, 0.29) is 5.41 Å². The number of benzene rings is 9. The number of fused-ring (bicyclic) bond motifs is 15. The molecule has 57 heavy (non-hydrogen) atoms. The van der Waals surface area contributed by atoms with Crippen LogP contribution in [0.5, 0.6) is 0 Å². The van der Waals surface area contributed by atoms with Crippen LogP contribution in [0.15, 0.2) is 182 Å². The van der Waals surface area contributed by atoms with E-state index in [2.05, 4.69) is 205 Å². The molecule has 2 heterocycles. The van der Waals surface area contributed by atoms with Gasteiger partial charge in [0.25, 0.3) is 0 Å². The summed E-state index contributed by atoms with van der Waals surface area (Å²) in [6.07, 6.45) is 0. The van der Waals surface area contributed by atoms with Gasteiger partial charge in [0, 0.05) is 43.9 Å². The molecule has 0 atom stereocenters. The minimum absolute atomic E-state index is 0.227. The molecular formula is C55H36N2. The molecular weight excluding hydrogens is 689 g/mol. The van der Waals surface area contributed by atoms with Crippen LogP contribution >= 0.6 is 0 Å². The highest BCUT2D eigenvalue weighted by Crippen LogP contribution is 2.58. The molecule has 266 valence electrons. The molecule has 0 saturated heterocycles. The third-order valence-electron chi connectivity index (χ3n) is 13.2. The van der Waals surface area contributed by atoms with Gasteiger partial charge in [-0.25, -0.2) is 0 Å². The van der Waals surface area contributed by atoms with E-state index < -0.39 is 0 Å². The van der Waals surface area contributed by atoms with E-state index in [4.69, 9.17) is 0 Å².